The first-order valence-corrected chi connectivity index (χ1v) is 4.88. The molecule has 0 aromatic rings. The molecule has 2 rings (SSSR count). The van der Waals surface area contributed by atoms with E-state index < -0.39 is 0 Å². The standard InChI is InChI=1S/C9H16N2O/c12-9-7-10-5-1-2-6-11(9)8-3-4-8/h8,10H,1-7H2. The summed E-state index contributed by atoms with van der Waals surface area (Å²) in [6.07, 6.45) is 4.82. The highest BCUT2D eigenvalue weighted by atomic mass is 16.2. The van der Waals surface area contributed by atoms with Gasteiger partial charge < -0.3 is 10.2 Å². The van der Waals surface area contributed by atoms with Gasteiger partial charge in [0.1, 0.15) is 0 Å². The first-order valence-electron chi connectivity index (χ1n) is 4.88. The van der Waals surface area contributed by atoms with Gasteiger partial charge >= 0.3 is 0 Å². The average Bonchev–Trinajstić information content (AvgIpc) is 2.81. The average molecular weight is 168 g/mol. The molecule has 1 saturated heterocycles. The molecule has 68 valence electrons. The van der Waals surface area contributed by atoms with Crippen molar-refractivity contribution in [2.24, 2.45) is 0 Å². The van der Waals surface area contributed by atoms with Gasteiger partial charge in [0.15, 0.2) is 0 Å². The number of amides is 1. The molecule has 0 atom stereocenters. The van der Waals surface area contributed by atoms with Crippen molar-refractivity contribution in [2.45, 2.75) is 31.7 Å². The molecule has 0 aromatic carbocycles. The second-order valence-electron chi connectivity index (χ2n) is 3.70. The predicted molar refractivity (Wildman–Crippen MR) is 46.8 cm³/mol. The summed E-state index contributed by atoms with van der Waals surface area (Å²) in [6.45, 7) is 2.55. The second kappa shape index (κ2) is 3.44. The van der Waals surface area contributed by atoms with Crippen LogP contribution >= 0.6 is 0 Å². The van der Waals surface area contributed by atoms with Gasteiger partial charge in [-0.05, 0) is 32.2 Å². The number of nitrogens with one attached hydrogen (secondary N) is 1. The van der Waals surface area contributed by atoms with Gasteiger partial charge in [0, 0.05) is 12.6 Å². The van der Waals surface area contributed by atoms with Crippen LogP contribution in [0.1, 0.15) is 25.7 Å². The topological polar surface area (TPSA) is 32.3 Å². The molecule has 1 aliphatic carbocycles. The Hall–Kier alpha value is -0.570. The fourth-order valence-corrected chi connectivity index (χ4v) is 1.73. The Balaban J connectivity index is 1.92. The number of rotatable bonds is 1. The summed E-state index contributed by atoms with van der Waals surface area (Å²) in [4.78, 5) is 13.6. The third-order valence-electron chi connectivity index (χ3n) is 2.59. The Morgan fingerprint density at radius 1 is 1.33 bits per heavy atom. The van der Waals surface area contributed by atoms with Crippen LogP contribution in [-0.2, 0) is 4.79 Å². The fraction of sp³-hybridized carbons (Fsp3) is 0.889. The molecular formula is C9H16N2O. The molecule has 3 nitrogen and oxygen atoms in total. The SMILES string of the molecule is O=C1CNCCCCN1C1CC1. The van der Waals surface area contributed by atoms with Crippen LogP contribution in [0.4, 0.5) is 0 Å². The summed E-state index contributed by atoms with van der Waals surface area (Å²) < 4.78 is 0. The summed E-state index contributed by atoms with van der Waals surface area (Å²) in [5, 5.41) is 3.16. The maximum atomic E-state index is 11.5. The van der Waals surface area contributed by atoms with E-state index in [4.69, 9.17) is 0 Å². The summed E-state index contributed by atoms with van der Waals surface area (Å²) in [5.74, 6) is 0.303. The molecule has 0 bridgehead atoms. The molecule has 0 spiro atoms. The van der Waals surface area contributed by atoms with Crippen molar-refractivity contribution in [3.8, 4) is 0 Å². The molecule has 0 unspecified atom stereocenters. The lowest BCUT2D eigenvalue weighted by Crippen LogP contribution is -2.42. The van der Waals surface area contributed by atoms with Crippen molar-refractivity contribution in [3.05, 3.63) is 0 Å². The number of hydrogen-bond donors (Lipinski definition) is 1. The van der Waals surface area contributed by atoms with Gasteiger partial charge in [-0.1, -0.05) is 0 Å². The molecule has 12 heavy (non-hydrogen) atoms. The zero-order valence-electron chi connectivity index (χ0n) is 7.38. The largest absolute Gasteiger partial charge is 0.339 e. The van der Waals surface area contributed by atoms with Crippen molar-refractivity contribution < 1.29 is 4.79 Å². The quantitative estimate of drug-likeness (QED) is 0.613. The molecule has 1 aliphatic heterocycles. The van der Waals surface area contributed by atoms with Crippen LogP contribution in [0, 0.1) is 0 Å². The normalized spacial score (nSPS) is 26.7. The Kier molecular flexibility index (Phi) is 2.30. The number of carbonyl (C=O) groups excluding carboxylic acids is 1. The van der Waals surface area contributed by atoms with E-state index >= 15 is 0 Å². The van der Waals surface area contributed by atoms with Crippen LogP contribution in [0.3, 0.4) is 0 Å². The predicted octanol–water partition coefficient (Wildman–Crippen LogP) is 0.361. The third kappa shape index (κ3) is 1.78. The minimum absolute atomic E-state index is 0.303. The molecule has 3 heteroatoms. The molecule has 1 saturated carbocycles. The van der Waals surface area contributed by atoms with Crippen LogP contribution in [-0.4, -0.2) is 36.5 Å². The minimum atomic E-state index is 0.303. The van der Waals surface area contributed by atoms with Gasteiger partial charge in [-0.25, -0.2) is 0 Å². The highest BCUT2D eigenvalue weighted by Crippen LogP contribution is 2.27. The molecular weight excluding hydrogens is 152 g/mol. The summed E-state index contributed by atoms with van der Waals surface area (Å²) in [5.41, 5.74) is 0. The summed E-state index contributed by atoms with van der Waals surface area (Å²) >= 11 is 0. The number of nitrogens with zero attached hydrogens (tertiary/aromatic N) is 1. The van der Waals surface area contributed by atoms with E-state index in [-0.39, 0.29) is 0 Å². The Morgan fingerprint density at radius 2 is 2.17 bits per heavy atom. The van der Waals surface area contributed by atoms with Crippen molar-refractivity contribution in [2.75, 3.05) is 19.6 Å². The molecule has 2 fully saturated rings. The Bertz CT molecular complexity index is 177. The molecule has 0 radical (unpaired) electrons. The van der Waals surface area contributed by atoms with E-state index in [1.165, 1.54) is 19.3 Å². The van der Waals surface area contributed by atoms with E-state index in [1.807, 2.05) is 0 Å². The maximum absolute atomic E-state index is 11.5. The van der Waals surface area contributed by atoms with Crippen molar-refractivity contribution in [3.63, 3.8) is 0 Å². The lowest BCUT2D eigenvalue weighted by atomic mass is 10.2. The fourth-order valence-electron chi connectivity index (χ4n) is 1.73. The van der Waals surface area contributed by atoms with Crippen LogP contribution in [0.2, 0.25) is 0 Å². The minimum Gasteiger partial charge on any atom is -0.339 e. The molecule has 2 aliphatic rings. The lowest BCUT2D eigenvalue weighted by Gasteiger charge is -2.24. The second-order valence-corrected chi connectivity index (χ2v) is 3.70. The zero-order valence-corrected chi connectivity index (χ0v) is 7.38. The first kappa shape index (κ1) is 8.05. The van der Waals surface area contributed by atoms with Crippen LogP contribution in [0.15, 0.2) is 0 Å². The smallest absolute Gasteiger partial charge is 0.236 e. The van der Waals surface area contributed by atoms with Crippen LogP contribution in [0.25, 0.3) is 0 Å². The van der Waals surface area contributed by atoms with Crippen LogP contribution in [0.5, 0.6) is 0 Å². The van der Waals surface area contributed by atoms with Gasteiger partial charge in [-0.3, -0.25) is 4.79 Å². The third-order valence-corrected chi connectivity index (χ3v) is 2.59. The summed E-state index contributed by atoms with van der Waals surface area (Å²) in [7, 11) is 0. The monoisotopic (exact) mass is 168 g/mol. The molecule has 1 N–H and O–H groups in total. The van der Waals surface area contributed by atoms with Gasteiger partial charge in [-0.2, -0.15) is 0 Å². The Labute approximate surface area is 73.1 Å². The Morgan fingerprint density at radius 3 is 2.92 bits per heavy atom. The van der Waals surface area contributed by atoms with E-state index in [9.17, 15) is 4.79 Å². The first-order chi connectivity index (χ1) is 5.88. The van der Waals surface area contributed by atoms with Gasteiger partial charge in [-0.15, -0.1) is 0 Å². The van der Waals surface area contributed by atoms with Gasteiger partial charge in [0.25, 0.3) is 0 Å². The van der Waals surface area contributed by atoms with Crippen molar-refractivity contribution >= 4 is 5.91 Å². The lowest BCUT2D eigenvalue weighted by molar-refractivity contribution is -0.131. The zero-order chi connectivity index (χ0) is 8.39. The van der Waals surface area contributed by atoms with E-state index in [2.05, 4.69) is 10.2 Å². The highest BCUT2D eigenvalue weighted by Gasteiger charge is 2.32. The molecule has 0 aromatic heterocycles. The molecule has 1 heterocycles. The van der Waals surface area contributed by atoms with Crippen molar-refractivity contribution in [1.29, 1.82) is 0 Å². The van der Waals surface area contributed by atoms with E-state index in [0.717, 1.165) is 19.5 Å². The van der Waals surface area contributed by atoms with E-state index in [0.29, 0.717) is 18.5 Å². The maximum Gasteiger partial charge on any atom is 0.236 e. The van der Waals surface area contributed by atoms with E-state index in [1.54, 1.807) is 0 Å². The molecule has 1 amide bonds. The highest BCUT2D eigenvalue weighted by molar-refractivity contribution is 5.79. The van der Waals surface area contributed by atoms with Crippen LogP contribution < -0.4 is 5.32 Å². The summed E-state index contributed by atoms with van der Waals surface area (Å²) in [6, 6.07) is 0.595. The van der Waals surface area contributed by atoms with Crippen molar-refractivity contribution in [1.82, 2.24) is 10.2 Å². The number of hydrogen-bond acceptors (Lipinski definition) is 2. The van der Waals surface area contributed by atoms with Gasteiger partial charge in [0.05, 0.1) is 6.54 Å². The van der Waals surface area contributed by atoms with Gasteiger partial charge in [0.2, 0.25) is 5.91 Å². The number of carbonyl (C=O) groups is 1.